The zero-order chi connectivity index (χ0) is 18.5. The van der Waals surface area contributed by atoms with Crippen molar-refractivity contribution in [3.05, 3.63) is 84.3 Å². The summed E-state index contributed by atoms with van der Waals surface area (Å²) in [7, 11) is 0. The maximum absolute atomic E-state index is 13.7. The van der Waals surface area contributed by atoms with E-state index < -0.39 is 11.7 Å². The molecule has 0 saturated carbocycles. The molecule has 1 aromatic heterocycles. The number of carbonyl (C=O) groups excluding carboxylic acids is 1. The molecule has 3 aromatic rings. The first-order valence-corrected chi connectivity index (χ1v) is 8.00. The maximum atomic E-state index is 13.7. The fourth-order valence-electron chi connectivity index (χ4n) is 2.74. The molecule has 0 spiro atoms. The SMILES string of the molecule is C=CCn1cc(/C=C(\C#N)C(=O)Nc2ccccc2F)c2ccccc21. The Bertz CT molecular complexity index is 1060. The Kier molecular flexibility index (Phi) is 4.95. The minimum atomic E-state index is -0.654. The van der Waals surface area contributed by atoms with Gasteiger partial charge in [0.1, 0.15) is 17.5 Å². The van der Waals surface area contributed by atoms with Crippen LogP contribution in [0.15, 0.2) is 73.0 Å². The van der Waals surface area contributed by atoms with Gasteiger partial charge in [-0.15, -0.1) is 6.58 Å². The highest BCUT2D eigenvalue weighted by Gasteiger charge is 2.13. The number of carbonyl (C=O) groups is 1. The van der Waals surface area contributed by atoms with Crippen molar-refractivity contribution in [1.29, 1.82) is 5.26 Å². The Morgan fingerprint density at radius 3 is 2.69 bits per heavy atom. The van der Waals surface area contributed by atoms with E-state index in [1.165, 1.54) is 24.3 Å². The average molecular weight is 345 g/mol. The van der Waals surface area contributed by atoms with E-state index in [-0.39, 0.29) is 11.3 Å². The molecular formula is C21H16FN3O. The fraction of sp³-hybridized carbons (Fsp3) is 0.0476. The van der Waals surface area contributed by atoms with Gasteiger partial charge in [-0.25, -0.2) is 4.39 Å². The van der Waals surface area contributed by atoms with Crippen LogP contribution in [0.1, 0.15) is 5.56 Å². The summed E-state index contributed by atoms with van der Waals surface area (Å²) in [5.74, 6) is -1.21. The van der Waals surface area contributed by atoms with Gasteiger partial charge >= 0.3 is 0 Å². The molecule has 1 amide bonds. The predicted octanol–water partition coefficient (Wildman–Crippen LogP) is 4.51. The molecule has 4 nitrogen and oxygen atoms in total. The second kappa shape index (κ2) is 7.49. The minimum absolute atomic E-state index is 0.0349. The molecule has 0 aliphatic rings. The third-order valence-corrected chi connectivity index (χ3v) is 3.93. The van der Waals surface area contributed by atoms with Crippen LogP contribution >= 0.6 is 0 Å². The number of allylic oxidation sites excluding steroid dienone is 1. The van der Waals surface area contributed by atoms with E-state index in [0.29, 0.717) is 6.54 Å². The van der Waals surface area contributed by atoms with Crippen molar-refractivity contribution in [2.75, 3.05) is 5.32 Å². The van der Waals surface area contributed by atoms with Gasteiger partial charge in [0.15, 0.2) is 0 Å². The van der Waals surface area contributed by atoms with Crippen molar-refractivity contribution in [2.24, 2.45) is 0 Å². The van der Waals surface area contributed by atoms with Crippen LogP contribution in [0.3, 0.4) is 0 Å². The van der Waals surface area contributed by atoms with Crippen LogP contribution in [0.5, 0.6) is 0 Å². The Hall–Kier alpha value is -3.65. The predicted molar refractivity (Wildman–Crippen MR) is 101 cm³/mol. The van der Waals surface area contributed by atoms with Gasteiger partial charge in [0.05, 0.1) is 5.69 Å². The van der Waals surface area contributed by atoms with Crippen LogP contribution in [-0.2, 0) is 11.3 Å². The number of halogens is 1. The summed E-state index contributed by atoms with van der Waals surface area (Å²) in [6.45, 7) is 4.35. The average Bonchev–Trinajstić information content (AvgIpc) is 2.99. The molecule has 0 saturated heterocycles. The van der Waals surface area contributed by atoms with Crippen molar-refractivity contribution in [3.63, 3.8) is 0 Å². The lowest BCUT2D eigenvalue weighted by Crippen LogP contribution is -2.14. The first-order valence-electron chi connectivity index (χ1n) is 8.00. The lowest BCUT2D eigenvalue weighted by Gasteiger charge is -2.05. The van der Waals surface area contributed by atoms with Crippen LogP contribution in [0.2, 0.25) is 0 Å². The van der Waals surface area contributed by atoms with Gasteiger partial charge in [0, 0.05) is 29.2 Å². The van der Waals surface area contributed by atoms with Crippen molar-refractivity contribution < 1.29 is 9.18 Å². The van der Waals surface area contributed by atoms with Crippen LogP contribution in [-0.4, -0.2) is 10.5 Å². The van der Waals surface area contributed by atoms with Crippen LogP contribution in [0, 0.1) is 17.1 Å². The van der Waals surface area contributed by atoms with Gasteiger partial charge in [-0.05, 0) is 24.3 Å². The molecule has 0 atom stereocenters. The van der Waals surface area contributed by atoms with Gasteiger partial charge in [0.2, 0.25) is 0 Å². The number of para-hydroxylation sites is 2. The Labute approximate surface area is 150 Å². The summed E-state index contributed by atoms with van der Waals surface area (Å²) < 4.78 is 15.7. The highest BCUT2D eigenvalue weighted by molar-refractivity contribution is 6.10. The van der Waals surface area contributed by atoms with Gasteiger partial charge in [-0.2, -0.15) is 5.26 Å². The van der Waals surface area contributed by atoms with Crippen LogP contribution in [0.4, 0.5) is 10.1 Å². The second-order valence-electron chi connectivity index (χ2n) is 5.65. The smallest absolute Gasteiger partial charge is 0.266 e. The molecule has 128 valence electrons. The normalized spacial score (nSPS) is 11.2. The standard InChI is InChI=1S/C21H16FN3O/c1-2-11-25-14-16(17-7-3-6-10-20(17)25)12-15(13-23)21(26)24-19-9-5-4-8-18(19)22/h2-10,12,14H,1,11H2,(H,24,26)/b15-12+. The maximum Gasteiger partial charge on any atom is 0.266 e. The summed E-state index contributed by atoms with van der Waals surface area (Å²) in [5, 5.41) is 12.7. The molecule has 0 aliphatic carbocycles. The van der Waals surface area contributed by atoms with Crippen LogP contribution < -0.4 is 5.32 Å². The Morgan fingerprint density at radius 1 is 1.23 bits per heavy atom. The number of amides is 1. The number of anilines is 1. The van der Waals surface area contributed by atoms with E-state index in [1.54, 1.807) is 12.1 Å². The molecule has 0 bridgehead atoms. The number of rotatable bonds is 5. The lowest BCUT2D eigenvalue weighted by atomic mass is 10.1. The third kappa shape index (κ3) is 3.40. The summed E-state index contributed by atoms with van der Waals surface area (Å²) in [4.78, 5) is 12.4. The molecule has 5 heteroatoms. The van der Waals surface area contributed by atoms with E-state index in [9.17, 15) is 14.4 Å². The van der Waals surface area contributed by atoms with Crippen molar-refractivity contribution >= 4 is 28.6 Å². The highest BCUT2D eigenvalue weighted by atomic mass is 19.1. The van der Waals surface area contributed by atoms with Gasteiger partial charge < -0.3 is 9.88 Å². The molecule has 1 heterocycles. The molecule has 3 rings (SSSR count). The third-order valence-electron chi connectivity index (χ3n) is 3.93. The largest absolute Gasteiger partial charge is 0.343 e. The summed E-state index contributed by atoms with van der Waals surface area (Å²) >= 11 is 0. The van der Waals surface area contributed by atoms with Crippen molar-refractivity contribution in [1.82, 2.24) is 4.57 Å². The van der Waals surface area contributed by atoms with E-state index >= 15 is 0 Å². The van der Waals surface area contributed by atoms with Gasteiger partial charge in [-0.1, -0.05) is 36.4 Å². The van der Waals surface area contributed by atoms with Gasteiger partial charge in [-0.3, -0.25) is 4.79 Å². The molecular weight excluding hydrogens is 329 g/mol. The Morgan fingerprint density at radius 2 is 1.96 bits per heavy atom. The highest BCUT2D eigenvalue weighted by Crippen LogP contribution is 2.24. The number of nitrogens with one attached hydrogen (secondary N) is 1. The molecule has 2 aromatic carbocycles. The first-order chi connectivity index (χ1) is 12.6. The van der Waals surface area contributed by atoms with Crippen molar-refractivity contribution in [3.8, 4) is 6.07 Å². The van der Waals surface area contributed by atoms with Crippen molar-refractivity contribution in [2.45, 2.75) is 6.54 Å². The zero-order valence-electron chi connectivity index (χ0n) is 13.9. The monoisotopic (exact) mass is 345 g/mol. The fourth-order valence-corrected chi connectivity index (χ4v) is 2.74. The number of aromatic nitrogens is 1. The minimum Gasteiger partial charge on any atom is -0.343 e. The van der Waals surface area contributed by atoms with E-state index in [0.717, 1.165) is 16.5 Å². The quantitative estimate of drug-likeness (QED) is 0.420. The van der Waals surface area contributed by atoms with E-state index in [2.05, 4.69) is 11.9 Å². The van der Waals surface area contributed by atoms with Gasteiger partial charge in [0.25, 0.3) is 5.91 Å². The molecule has 0 aliphatic heterocycles. The number of fused-ring (bicyclic) bond motifs is 1. The number of nitriles is 1. The van der Waals surface area contributed by atoms with Crippen LogP contribution in [0.25, 0.3) is 17.0 Å². The summed E-state index contributed by atoms with van der Waals surface area (Å²) in [6, 6.07) is 15.4. The molecule has 0 fully saturated rings. The number of nitrogens with zero attached hydrogens (tertiary/aromatic N) is 2. The lowest BCUT2D eigenvalue weighted by molar-refractivity contribution is -0.112. The number of hydrogen-bond acceptors (Lipinski definition) is 2. The number of benzene rings is 2. The number of hydrogen-bond donors (Lipinski definition) is 1. The molecule has 0 unspecified atom stereocenters. The van der Waals surface area contributed by atoms with E-state index in [4.69, 9.17) is 0 Å². The first kappa shape index (κ1) is 17.2. The Balaban J connectivity index is 1.98. The molecule has 0 radical (unpaired) electrons. The molecule has 1 N–H and O–H groups in total. The zero-order valence-corrected chi connectivity index (χ0v) is 13.9. The second-order valence-corrected chi connectivity index (χ2v) is 5.65. The topological polar surface area (TPSA) is 57.8 Å². The van der Waals surface area contributed by atoms with E-state index in [1.807, 2.05) is 41.1 Å². The molecule has 26 heavy (non-hydrogen) atoms. The summed E-state index contributed by atoms with van der Waals surface area (Å²) in [6.07, 6.45) is 5.15. The summed E-state index contributed by atoms with van der Waals surface area (Å²) in [5.41, 5.74) is 1.65.